The zero-order valence-corrected chi connectivity index (χ0v) is 10.6. The number of nitrogens with zero attached hydrogens (tertiary/aromatic N) is 2. The first-order chi connectivity index (χ1) is 8.06. The molecule has 3 N–H and O–H groups in total. The fourth-order valence-corrected chi connectivity index (χ4v) is 1.70. The van der Waals surface area contributed by atoms with E-state index in [1.54, 1.807) is 12.1 Å². The van der Waals surface area contributed by atoms with Crippen molar-refractivity contribution in [3.8, 4) is 0 Å². The van der Waals surface area contributed by atoms with E-state index in [0.717, 1.165) is 11.3 Å². The molecule has 1 aromatic carbocycles. The first-order valence-electron chi connectivity index (χ1n) is 4.86. The molecule has 88 valence electrons. The van der Waals surface area contributed by atoms with Gasteiger partial charge in [-0.25, -0.2) is 14.4 Å². The van der Waals surface area contributed by atoms with E-state index in [9.17, 15) is 4.39 Å². The number of hydrogen-bond acceptors (Lipinski definition) is 4. The van der Waals surface area contributed by atoms with E-state index in [-0.39, 0.29) is 5.82 Å². The Morgan fingerprint density at radius 3 is 2.76 bits per heavy atom. The largest absolute Gasteiger partial charge is 0.384 e. The van der Waals surface area contributed by atoms with Crippen molar-refractivity contribution in [1.29, 1.82) is 0 Å². The molecule has 0 spiro atoms. The Hall–Kier alpha value is -1.69. The van der Waals surface area contributed by atoms with Crippen molar-refractivity contribution >= 4 is 33.3 Å². The van der Waals surface area contributed by atoms with Crippen molar-refractivity contribution in [2.24, 2.45) is 0 Å². The zero-order chi connectivity index (χ0) is 12.4. The molecule has 2 rings (SSSR count). The summed E-state index contributed by atoms with van der Waals surface area (Å²) in [4.78, 5) is 7.81. The first kappa shape index (κ1) is 11.8. The lowest BCUT2D eigenvalue weighted by atomic mass is 10.2. The number of nitrogens with two attached hydrogens (primary N) is 1. The maximum Gasteiger partial charge on any atom is 0.137 e. The number of rotatable bonds is 2. The summed E-state index contributed by atoms with van der Waals surface area (Å²) in [6.45, 7) is 1.81. The maximum atomic E-state index is 13.2. The smallest absolute Gasteiger partial charge is 0.137 e. The Labute approximate surface area is 106 Å². The van der Waals surface area contributed by atoms with Gasteiger partial charge in [0.1, 0.15) is 23.8 Å². The van der Waals surface area contributed by atoms with Gasteiger partial charge in [-0.05, 0) is 40.5 Å². The van der Waals surface area contributed by atoms with E-state index < -0.39 is 0 Å². The van der Waals surface area contributed by atoms with Crippen LogP contribution in [0.5, 0.6) is 0 Å². The van der Waals surface area contributed by atoms with E-state index in [1.807, 2.05) is 6.92 Å². The van der Waals surface area contributed by atoms with Gasteiger partial charge in [0, 0.05) is 11.8 Å². The summed E-state index contributed by atoms with van der Waals surface area (Å²) in [5.74, 6) is 0.649. The summed E-state index contributed by atoms with van der Waals surface area (Å²) in [7, 11) is 0. The Balaban J connectivity index is 2.33. The predicted molar refractivity (Wildman–Crippen MR) is 68.6 cm³/mol. The molecule has 0 saturated carbocycles. The molecule has 1 heterocycles. The highest BCUT2D eigenvalue weighted by Gasteiger charge is 2.06. The van der Waals surface area contributed by atoms with Gasteiger partial charge >= 0.3 is 0 Å². The molecular weight excluding hydrogens is 287 g/mol. The highest BCUT2D eigenvalue weighted by Crippen LogP contribution is 2.26. The number of hydrogen-bond donors (Lipinski definition) is 2. The lowest BCUT2D eigenvalue weighted by Crippen LogP contribution is -1.99. The minimum Gasteiger partial charge on any atom is -0.384 e. The average Bonchev–Trinajstić information content (AvgIpc) is 2.26. The standard InChI is InChI=1S/C11H10BrFN4/c1-6-2-8(13)7(12)3-9(6)17-11-4-10(14)15-5-16-11/h2-5H,1H3,(H3,14,15,16,17). The van der Waals surface area contributed by atoms with Crippen LogP contribution >= 0.6 is 15.9 Å². The molecule has 0 aliphatic rings. The zero-order valence-electron chi connectivity index (χ0n) is 9.04. The van der Waals surface area contributed by atoms with Crippen molar-refractivity contribution in [2.45, 2.75) is 6.92 Å². The molecule has 4 nitrogen and oxygen atoms in total. The van der Waals surface area contributed by atoms with Gasteiger partial charge in [0.15, 0.2) is 0 Å². The van der Waals surface area contributed by atoms with Crippen LogP contribution < -0.4 is 11.1 Å². The third-order valence-electron chi connectivity index (χ3n) is 2.22. The van der Waals surface area contributed by atoms with Crippen LogP contribution in [0.15, 0.2) is 29.0 Å². The Bertz CT molecular complexity index is 559. The van der Waals surface area contributed by atoms with Crippen molar-refractivity contribution in [1.82, 2.24) is 9.97 Å². The second kappa shape index (κ2) is 4.67. The Kier molecular flexibility index (Phi) is 3.23. The quantitative estimate of drug-likeness (QED) is 0.894. The minimum absolute atomic E-state index is 0.296. The summed E-state index contributed by atoms with van der Waals surface area (Å²) in [6, 6.07) is 4.70. The number of nitrogen functional groups attached to an aromatic ring is 1. The first-order valence-corrected chi connectivity index (χ1v) is 5.66. The molecule has 1 aromatic heterocycles. The van der Waals surface area contributed by atoms with Gasteiger partial charge in [-0.1, -0.05) is 0 Å². The average molecular weight is 297 g/mol. The summed E-state index contributed by atoms with van der Waals surface area (Å²) < 4.78 is 13.6. The summed E-state index contributed by atoms with van der Waals surface area (Å²) in [6.07, 6.45) is 1.37. The molecule has 0 aliphatic carbocycles. The fourth-order valence-electron chi connectivity index (χ4n) is 1.36. The maximum absolute atomic E-state index is 13.2. The summed E-state index contributed by atoms with van der Waals surface area (Å²) in [5.41, 5.74) is 7.08. The third kappa shape index (κ3) is 2.71. The van der Waals surface area contributed by atoms with E-state index >= 15 is 0 Å². The van der Waals surface area contributed by atoms with Gasteiger partial charge in [0.05, 0.1) is 4.47 Å². The normalized spacial score (nSPS) is 10.3. The van der Waals surface area contributed by atoms with Crippen LogP contribution in [0.4, 0.5) is 21.7 Å². The van der Waals surface area contributed by atoms with Crippen molar-refractivity contribution in [2.75, 3.05) is 11.1 Å². The molecule has 0 fully saturated rings. The molecule has 0 unspecified atom stereocenters. The van der Waals surface area contributed by atoms with Crippen LogP contribution in [-0.4, -0.2) is 9.97 Å². The number of halogens is 2. The van der Waals surface area contributed by atoms with Crippen LogP contribution in [0, 0.1) is 12.7 Å². The van der Waals surface area contributed by atoms with Gasteiger partial charge in [-0.3, -0.25) is 0 Å². The van der Waals surface area contributed by atoms with Crippen LogP contribution in [-0.2, 0) is 0 Å². The SMILES string of the molecule is Cc1cc(F)c(Br)cc1Nc1cc(N)ncn1. The number of anilines is 3. The number of nitrogens with one attached hydrogen (secondary N) is 1. The topological polar surface area (TPSA) is 63.8 Å². The van der Waals surface area contributed by atoms with Gasteiger partial charge < -0.3 is 11.1 Å². The Morgan fingerprint density at radius 1 is 1.29 bits per heavy atom. The summed E-state index contributed by atoms with van der Waals surface area (Å²) >= 11 is 3.14. The Morgan fingerprint density at radius 2 is 2.06 bits per heavy atom. The molecule has 6 heteroatoms. The van der Waals surface area contributed by atoms with Crippen LogP contribution in [0.1, 0.15) is 5.56 Å². The molecule has 0 aliphatic heterocycles. The lowest BCUT2D eigenvalue weighted by molar-refractivity contribution is 0.620. The number of benzene rings is 1. The second-order valence-corrected chi connectivity index (χ2v) is 4.39. The van der Waals surface area contributed by atoms with Crippen LogP contribution in [0.2, 0.25) is 0 Å². The fraction of sp³-hybridized carbons (Fsp3) is 0.0909. The number of aromatic nitrogens is 2. The van der Waals surface area contributed by atoms with Crippen LogP contribution in [0.3, 0.4) is 0 Å². The molecular formula is C11H10BrFN4. The third-order valence-corrected chi connectivity index (χ3v) is 2.83. The van der Waals surface area contributed by atoms with E-state index in [4.69, 9.17) is 5.73 Å². The van der Waals surface area contributed by atoms with Crippen molar-refractivity contribution in [3.05, 3.63) is 40.4 Å². The van der Waals surface area contributed by atoms with Crippen molar-refractivity contribution in [3.63, 3.8) is 0 Å². The minimum atomic E-state index is -0.296. The number of aryl methyl sites for hydroxylation is 1. The second-order valence-electron chi connectivity index (χ2n) is 3.53. The lowest BCUT2D eigenvalue weighted by Gasteiger charge is -2.09. The van der Waals surface area contributed by atoms with E-state index in [0.29, 0.717) is 16.1 Å². The summed E-state index contributed by atoms with van der Waals surface area (Å²) in [5, 5.41) is 3.05. The van der Waals surface area contributed by atoms with Gasteiger partial charge in [-0.2, -0.15) is 0 Å². The molecule has 2 aromatic rings. The van der Waals surface area contributed by atoms with Gasteiger partial charge in [0.2, 0.25) is 0 Å². The molecule has 0 saturated heterocycles. The molecule has 0 amide bonds. The van der Waals surface area contributed by atoms with Crippen LogP contribution in [0.25, 0.3) is 0 Å². The van der Waals surface area contributed by atoms with E-state index in [2.05, 4.69) is 31.2 Å². The van der Waals surface area contributed by atoms with Gasteiger partial charge in [0.25, 0.3) is 0 Å². The molecule has 17 heavy (non-hydrogen) atoms. The monoisotopic (exact) mass is 296 g/mol. The molecule has 0 atom stereocenters. The highest BCUT2D eigenvalue weighted by atomic mass is 79.9. The van der Waals surface area contributed by atoms with Crippen molar-refractivity contribution < 1.29 is 4.39 Å². The highest BCUT2D eigenvalue weighted by molar-refractivity contribution is 9.10. The van der Waals surface area contributed by atoms with E-state index in [1.165, 1.54) is 12.4 Å². The van der Waals surface area contributed by atoms with Gasteiger partial charge in [-0.15, -0.1) is 0 Å². The predicted octanol–water partition coefficient (Wildman–Crippen LogP) is 3.01. The molecule has 0 radical (unpaired) electrons. The molecule has 0 bridgehead atoms.